The van der Waals surface area contributed by atoms with Crippen LogP contribution in [0.3, 0.4) is 0 Å². The fraction of sp³-hybridized carbons (Fsp3) is 0.200. The molecule has 0 fully saturated rings. The van der Waals surface area contributed by atoms with Crippen LogP contribution in [0.15, 0.2) is 24.5 Å². The molecule has 0 amide bonds. The third kappa shape index (κ3) is 2.25. The Kier molecular flexibility index (Phi) is 2.53. The molecule has 0 atom stereocenters. The minimum absolute atomic E-state index is 0.0624. The van der Waals surface area contributed by atoms with E-state index >= 15 is 0 Å². The third-order valence-corrected chi connectivity index (χ3v) is 1.89. The number of aromatic amines is 1. The molecule has 2 rings (SSSR count). The summed E-state index contributed by atoms with van der Waals surface area (Å²) < 4.78 is 0. The van der Waals surface area contributed by atoms with Crippen molar-refractivity contribution in [2.24, 2.45) is 0 Å². The zero-order valence-electron chi connectivity index (χ0n) is 8.27. The molecule has 0 saturated heterocycles. The predicted molar refractivity (Wildman–Crippen MR) is 54.0 cm³/mol. The summed E-state index contributed by atoms with van der Waals surface area (Å²) in [5, 5.41) is 6.76. The molecule has 5 heteroatoms. The first-order chi connectivity index (χ1) is 7.25. The lowest BCUT2D eigenvalue weighted by Crippen LogP contribution is -1.98. The van der Waals surface area contributed by atoms with Crippen molar-refractivity contribution in [1.29, 1.82) is 0 Å². The van der Waals surface area contributed by atoms with Gasteiger partial charge in [-0.05, 0) is 19.1 Å². The number of carbonyl (C=O) groups is 1. The molecule has 0 aromatic carbocycles. The van der Waals surface area contributed by atoms with Gasteiger partial charge in [-0.2, -0.15) is 5.10 Å². The van der Waals surface area contributed by atoms with Crippen molar-refractivity contribution in [1.82, 2.24) is 20.2 Å². The average Bonchev–Trinajstić information content (AvgIpc) is 2.67. The van der Waals surface area contributed by atoms with Crippen molar-refractivity contribution in [3.8, 4) is 11.4 Å². The lowest BCUT2D eigenvalue weighted by Gasteiger charge is -1.91. The van der Waals surface area contributed by atoms with Gasteiger partial charge < -0.3 is 0 Å². The molecule has 0 radical (unpaired) electrons. The summed E-state index contributed by atoms with van der Waals surface area (Å²) in [6, 6.07) is 3.64. The van der Waals surface area contributed by atoms with E-state index in [1.807, 2.05) is 12.1 Å². The number of rotatable bonds is 3. The van der Waals surface area contributed by atoms with E-state index in [0.717, 1.165) is 5.56 Å². The molecule has 5 nitrogen and oxygen atoms in total. The number of hydrogen-bond donors (Lipinski definition) is 1. The van der Waals surface area contributed by atoms with Crippen LogP contribution in [0.25, 0.3) is 11.4 Å². The summed E-state index contributed by atoms with van der Waals surface area (Å²) in [6.45, 7) is 1.52. The van der Waals surface area contributed by atoms with Crippen LogP contribution in [0, 0.1) is 0 Å². The number of Topliss-reactive ketones (excluding diaryl/α,β-unsaturated/α-hetero) is 1. The first-order valence-corrected chi connectivity index (χ1v) is 4.57. The maximum Gasteiger partial charge on any atom is 0.181 e. The van der Waals surface area contributed by atoms with Crippen molar-refractivity contribution >= 4 is 5.78 Å². The topological polar surface area (TPSA) is 71.5 Å². The van der Waals surface area contributed by atoms with Gasteiger partial charge in [-0.25, -0.2) is 4.98 Å². The highest BCUT2D eigenvalue weighted by Crippen LogP contribution is 2.12. The van der Waals surface area contributed by atoms with Crippen LogP contribution in [-0.2, 0) is 11.2 Å². The molecule has 2 aromatic rings. The van der Waals surface area contributed by atoms with E-state index in [2.05, 4.69) is 20.2 Å². The molecule has 0 aliphatic carbocycles. The van der Waals surface area contributed by atoms with Crippen LogP contribution < -0.4 is 0 Å². The standard InChI is InChI=1S/C10H10N4O/c1-7(15)6-9-12-10(14-13-9)8-2-4-11-5-3-8/h2-5H,6H2,1H3,(H,12,13,14). The Balaban J connectivity index is 2.24. The Morgan fingerprint density at radius 2 is 2.13 bits per heavy atom. The summed E-state index contributed by atoms with van der Waals surface area (Å²) in [5.74, 6) is 1.25. The fourth-order valence-electron chi connectivity index (χ4n) is 1.24. The maximum atomic E-state index is 10.9. The van der Waals surface area contributed by atoms with Gasteiger partial charge in [-0.15, -0.1) is 0 Å². The predicted octanol–water partition coefficient (Wildman–Crippen LogP) is 0.998. The smallest absolute Gasteiger partial charge is 0.181 e. The van der Waals surface area contributed by atoms with Gasteiger partial charge >= 0.3 is 0 Å². The van der Waals surface area contributed by atoms with Crippen LogP contribution in [0.5, 0.6) is 0 Å². The summed E-state index contributed by atoms with van der Waals surface area (Å²) in [4.78, 5) is 19.0. The minimum atomic E-state index is 0.0624. The van der Waals surface area contributed by atoms with Crippen molar-refractivity contribution in [2.45, 2.75) is 13.3 Å². The largest absolute Gasteiger partial charge is 0.300 e. The van der Waals surface area contributed by atoms with E-state index < -0.39 is 0 Å². The molecule has 1 N–H and O–H groups in total. The molecule has 0 bridgehead atoms. The number of nitrogens with one attached hydrogen (secondary N) is 1. The fourth-order valence-corrected chi connectivity index (χ4v) is 1.24. The number of hydrogen-bond acceptors (Lipinski definition) is 4. The number of ketones is 1. The minimum Gasteiger partial charge on any atom is -0.300 e. The van der Waals surface area contributed by atoms with E-state index in [4.69, 9.17) is 0 Å². The molecule has 0 unspecified atom stereocenters. The Morgan fingerprint density at radius 1 is 1.40 bits per heavy atom. The molecule has 76 valence electrons. The highest BCUT2D eigenvalue weighted by atomic mass is 16.1. The average molecular weight is 202 g/mol. The molecular weight excluding hydrogens is 192 g/mol. The van der Waals surface area contributed by atoms with Crippen molar-refractivity contribution in [3.63, 3.8) is 0 Å². The molecule has 0 spiro atoms. The van der Waals surface area contributed by atoms with Gasteiger partial charge in [0, 0.05) is 18.0 Å². The van der Waals surface area contributed by atoms with Crippen LogP contribution in [0.2, 0.25) is 0 Å². The Labute approximate surface area is 86.6 Å². The van der Waals surface area contributed by atoms with Crippen LogP contribution >= 0.6 is 0 Å². The monoisotopic (exact) mass is 202 g/mol. The molecule has 0 aliphatic heterocycles. The van der Waals surface area contributed by atoms with Gasteiger partial charge in [0.1, 0.15) is 11.6 Å². The van der Waals surface area contributed by atoms with E-state index in [0.29, 0.717) is 11.6 Å². The summed E-state index contributed by atoms with van der Waals surface area (Å²) in [5.41, 5.74) is 0.885. The lowest BCUT2D eigenvalue weighted by molar-refractivity contribution is -0.116. The van der Waals surface area contributed by atoms with Gasteiger partial charge in [0.05, 0.1) is 6.42 Å². The summed E-state index contributed by atoms with van der Waals surface area (Å²) >= 11 is 0. The van der Waals surface area contributed by atoms with Gasteiger partial charge in [0.25, 0.3) is 0 Å². The second kappa shape index (κ2) is 4.00. The second-order valence-electron chi connectivity index (χ2n) is 3.22. The van der Waals surface area contributed by atoms with Gasteiger partial charge in [0.15, 0.2) is 5.82 Å². The van der Waals surface area contributed by atoms with Crippen LogP contribution in [-0.4, -0.2) is 25.9 Å². The Hall–Kier alpha value is -2.04. The molecule has 2 aromatic heterocycles. The van der Waals surface area contributed by atoms with Crippen molar-refractivity contribution < 1.29 is 4.79 Å². The maximum absolute atomic E-state index is 10.9. The molecule has 2 heterocycles. The van der Waals surface area contributed by atoms with E-state index in [1.54, 1.807) is 12.4 Å². The molecule has 0 aliphatic rings. The van der Waals surface area contributed by atoms with E-state index in [-0.39, 0.29) is 12.2 Å². The summed E-state index contributed by atoms with van der Waals surface area (Å²) in [6.07, 6.45) is 3.64. The molecule has 15 heavy (non-hydrogen) atoms. The summed E-state index contributed by atoms with van der Waals surface area (Å²) in [7, 11) is 0. The van der Waals surface area contributed by atoms with E-state index in [9.17, 15) is 4.79 Å². The zero-order valence-corrected chi connectivity index (χ0v) is 8.27. The highest BCUT2D eigenvalue weighted by Gasteiger charge is 2.06. The first kappa shape index (κ1) is 9.51. The Bertz CT molecular complexity index is 463. The number of aromatic nitrogens is 4. The normalized spacial score (nSPS) is 10.2. The molecular formula is C10H10N4O. The van der Waals surface area contributed by atoms with Crippen LogP contribution in [0.4, 0.5) is 0 Å². The quantitative estimate of drug-likeness (QED) is 0.805. The van der Waals surface area contributed by atoms with Gasteiger partial charge in [-0.3, -0.25) is 14.9 Å². The Morgan fingerprint density at radius 3 is 2.80 bits per heavy atom. The second-order valence-corrected chi connectivity index (χ2v) is 3.22. The molecule has 0 saturated carbocycles. The SMILES string of the molecule is CC(=O)Cc1nc(-c2ccncc2)n[nH]1. The number of carbonyl (C=O) groups excluding carboxylic acids is 1. The number of H-pyrrole nitrogens is 1. The lowest BCUT2D eigenvalue weighted by atomic mass is 10.2. The van der Waals surface area contributed by atoms with Crippen molar-refractivity contribution in [2.75, 3.05) is 0 Å². The van der Waals surface area contributed by atoms with Crippen molar-refractivity contribution in [3.05, 3.63) is 30.4 Å². The first-order valence-electron chi connectivity index (χ1n) is 4.57. The van der Waals surface area contributed by atoms with Crippen LogP contribution in [0.1, 0.15) is 12.7 Å². The van der Waals surface area contributed by atoms with Gasteiger partial charge in [-0.1, -0.05) is 0 Å². The van der Waals surface area contributed by atoms with E-state index in [1.165, 1.54) is 6.92 Å². The zero-order chi connectivity index (χ0) is 10.7. The highest BCUT2D eigenvalue weighted by molar-refractivity contribution is 5.77. The third-order valence-electron chi connectivity index (χ3n) is 1.89. The number of pyridine rings is 1. The number of nitrogens with zero attached hydrogens (tertiary/aromatic N) is 3. The van der Waals surface area contributed by atoms with Gasteiger partial charge in [0.2, 0.25) is 0 Å².